The van der Waals surface area contributed by atoms with Crippen molar-refractivity contribution in [2.24, 2.45) is 7.05 Å². The van der Waals surface area contributed by atoms with E-state index in [4.69, 9.17) is 0 Å². The highest BCUT2D eigenvalue weighted by molar-refractivity contribution is 14.1. The predicted molar refractivity (Wildman–Crippen MR) is 53.4 cm³/mol. The molecule has 0 spiro atoms. The zero-order valence-corrected chi connectivity index (χ0v) is 8.24. The average molecular weight is 258 g/mol. The second-order valence-electron chi connectivity index (χ2n) is 2.49. The molecule has 0 atom stereocenters. The van der Waals surface area contributed by atoms with Gasteiger partial charge in [0.1, 0.15) is 5.65 Å². The molecule has 2 aromatic heterocycles. The molecule has 0 amide bonds. The van der Waals surface area contributed by atoms with Gasteiger partial charge in [0.25, 0.3) is 0 Å². The summed E-state index contributed by atoms with van der Waals surface area (Å²) in [7, 11) is 2.00. The van der Waals surface area contributed by atoms with E-state index in [1.807, 2.05) is 24.0 Å². The first-order valence-corrected chi connectivity index (χ1v) is 4.42. The van der Waals surface area contributed by atoms with Crippen molar-refractivity contribution < 1.29 is 0 Å². The molecule has 0 unspecified atom stereocenters. The number of aryl methyl sites for hydroxylation is 1. The summed E-state index contributed by atoms with van der Waals surface area (Å²) in [5.41, 5.74) is 1.05. The van der Waals surface area contributed by atoms with Crippen LogP contribution in [0.5, 0.6) is 0 Å². The molecule has 0 N–H and O–H groups in total. The van der Waals surface area contributed by atoms with Gasteiger partial charge in [0, 0.05) is 28.4 Å². The molecule has 0 aliphatic carbocycles. The van der Waals surface area contributed by atoms with Gasteiger partial charge in [-0.1, -0.05) is 0 Å². The molecule has 11 heavy (non-hydrogen) atoms. The van der Waals surface area contributed by atoms with Crippen LogP contribution < -0.4 is 0 Å². The normalized spacial score (nSPS) is 10.7. The zero-order valence-electron chi connectivity index (χ0n) is 6.08. The summed E-state index contributed by atoms with van der Waals surface area (Å²) < 4.78 is 3.20. The summed E-state index contributed by atoms with van der Waals surface area (Å²) in [4.78, 5) is 4.30. The average Bonchev–Trinajstić information content (AvgIpc) is 2.32. The Labute approximate surface area is 78.4 Å². The largest absolute Gasteiger partial charge is 0.336 e. The quantitative estimate of drug-likeness (QED) is 0.662. The first kappa shape index (κ1) is 7.09. The number of aromatic nitrogens is 2. The van der Waals surface area contributed by atoms with Crippen LogP contribution in [0.3, 0.4) is 0 Å². The Morgan fingerprint density at radius 3 is 3.18 bits per heavy atom. The van der Waals surface area contributed by atoms with Crippen LogP contribution in [0.4, 0.5) is 0 Å². The number of nitrogens with zero attached hydrogens (tertiary/aromatic N) is 2. The molecule has 0 bridgehead atoms. The first-order valence-electron chi connectivity index (χ1n) is 3.34. The fraction of sp³-hybridized carbons (Fsp3) is 0.125. The third kappa shape index (κ3) is 1.13. The molecule has 2 heterocycles. The number of pyridine rings is 1. The van der Waals surface area contributed by atoms with Gasteiger partial charge in [-0.05, 0) is 34.7 Å². The lowest BCUT2D eigenvalue weighted by Crippen LogP contribution is -1.87. The highest BCUT2D eigenvalue weighted by Gasteiger charge is 1.97. The maximum atomic E-state index is 4.30. The molecule has 2 aromatic rings. The fourth-order valence-corrected chi connectivity index (χ4v) is 1.60. The lowest BCUT2D eigenvalue weighted by molar-refractivity contribution is 0.948. The van der Waals surface area contributed by atoms with Gasteiger partial charge in [-0.15, -0.1) is 0 Å². The molecule has 0 radical (unpaired) electrons. The smallest absolute Gasteiger partial charge is 0.139 e. The minimum Gasteiger partial charge on any atom is -0.336 e. The van der Waals surface area contributed by atoms with Gasteiger partial charge in [0.2, 0.25) is 0 Å². The number of hydrogen-bond donors (Lipinski definition) is 0. The molecule has 56 valence electrons. The molecule has 0 fully saturated rings. The molecule has 0 saturated carbocycles. The Bertz CT molecular complexity index is 392. The van der Waals surface area contributed by atoms with E-state index in [0.717, 1.165) is 5.65 Å². The molecule has 2 rings (SSSR count). The Balaban J connectivity index is 2.86. The van der Waals surface area contributed by atoms with Crippen molar-refractivity contribution in [3.8, 4) is 0 Å². The van der Waals surface area contributed by atoms with E-state index >= 15 is 0 Å². The van der Waals surface area contributed by atoms with Crippen LogP contribution in [0.25, 0.3) is 11.0 Å². The summed E-state index contributed by atoms with van der Waals surface area (Å²) in [5, 5.41) is 1.21. The van der Waals surface area contributed by atoms with Crippen LogP contribution in [-0.2, 0) is 7.05 Å². The lowest BCUT2D eigenvalue weighted by Gasteiger charge is -1.93. The Kier molecular flexibility index (Phi) is 1.60. The highest BCUT2D eigenvalue weighted by atomic mass is 127. The van der Waals surface area contributed by atoms with Crippen molar-refractivity contribution >= 4 is 33.6 Å². The Morgan fingerprint density at radius 2 is 2.36 bits per heavy atom. The molecule has 0 aliphatic rings. The molecule has 0 aromatic carbocycles. The van der Waals surface area contributed by atoms with Gasteiger partial charge in [-0.3, -0.25) is 0 Å². The van der Waals surface area contributed by atoms with Crippen molar-refractivity contribution in [1.82, 2.24) is 9.55 Å². The predicted octanol–water partition coefficient (Wildman–Crippen LogP) is 2.18. The molecular formula is C8H7IN2. The standard InChI is InChI=1S/C8H7IN2/c1-11-3-2-6-4-7(9)5-10-8(6)11/h2-5H,1H3. The lowest BCUT2D eigenvalue weighted by atomic mass is 10.3. The van der Waals surface area contributed by atoms with Gasteiger partial charge >= 0.3 is 0 Å². The van der Waals surface area contributed by atoms with Crippen LogP contribution in [0.1, 0.15) is 0 Å². The van der Waals surface area contributed by atoms with E-state index in [1.165, 1.54) is 8.96 Å². The van der Waals surface area contributed by atoms with Crippen molar-refractivity contribution in [3.63, 3.8) is 0 Å². The third-order valence-corrected chi connectivity index (χ3v) is 2.26. The van der Waals surface area contributed by atoms with E-state index in [-0.39, 0.29) is 0 Å². The second-order valence-corrected chi connectivity index (χ2v) is 3.74. The maximum absolute atomic E-state index is 4.30. The van der Waals surface area contributed by atoms with E-state index in [0.29, 0.717) is 0 Å². The summed E-state index contributed by atoms with van der Waals surface area (Å²) >= 11 is 2.27. The van der Waals surface area contributed by atoms with E-state index in [1.54, 1.807) is 0 Å². The van der Waals surface area contributed by atoms with E-state index < -0.39 is 0 Å². The van der Waals surface area contributed by atoms with Crippen LogP contribution in [0, 0.1) is 3.57 Å². The summed E-state index contributed by atoms with van der Waals surface area (Å²) in [6.45, 7) is 0. The Hall–Kier alpha value is -0.580. The number of fused-ring (bicyclic) bond motifs is 1. The number of halogens is 1. The molecule has 0 aliphatic heterocycles. The van der Waals surface area contributed by atoms with Gasteiger partial charge in [-0.2, -0.15) is 0 Å². The fourth-order valence-electron chi connectivity index (χ4n) is 1.13. The molecular weight excluding hydrogens is 251 g/mol. The van der Waals surface area contributed by atoms with Crippen molar-refractivity contribution in [1.29, 1.82) is 0 Å². The summed E-state index contributed by atoms with van der Waals surface area (Å²) in [5.74, 6) is 0. The highest BCUT2D eigenvalue weighted by Crippen LogP contribution is 2.14. The second kappa shape index (κ2) is 2.48. The monoisotopic (exact) mass is 258 g/mol. The molecule has 3 heteroatoms. The van der Waals surface area contributed by atoms with Crippen LogP contribution in [0.15, 0.2) is 24.5 Å². The third-order valence-electron chi connectivity index (χ3n) is 1.67. The van der Waals surface area contributed by atoms with Crippen LogP contribution in [-0.4, -0.2) is 9.55 Å². The molecule has 2 nitrogen and oxygen atoms in total. The van der Waals surface area contributed by atoms with Crippen molar-refractivity contribution in [2.75, 3.05) is 0 Å². The maximum Gasteiger partial charge on any atom is 0.139 e. The topological polar surface area (TPSA) is 17.8 Å². The van der Waals surface area contributed by atoms with E-state index in [2.05, 4.69) is 39.7 Å². The zero-order chi connectivity index (χ0) is 7.84. The van der Waals surface area contributed by atoms with Crippen LogP contribution >= 0.6 is 22.6 Å². The van der Waals surface area contributed by atoms with Gasteiger partial charge < -0.3 is 4.57 Å². The van der Waals surface area contributed by atoms with Crippen molar-refractivity contribution in [2.45, 2.75) is 0 Å². The Morgan fingerprint density at radius 1 is 1.55 bits per heavy atom. The van der Waals surface area contributed by atoms with Gasteiger partial charge in [0.05, 0.1) is 0 Å². The van der Waals surface area contributed by atoms with Gasteiger partial charge in [0.15, 0.2) is 0 Å². The van der Waals surface area contributed by atoms with Crippen LogP contribution in [0.2, 0.25) is 0 Å². The number of rotatable bonds is 0. The minimum atomic E-state index is 1.05. The van der Waals surface area contributed by atoms with E-state index in [9.17, 15) is 0 Å². The minimum absolute atomic E-state index is 1.05. The molecule has 0 saturated heterocycles. The first-order chi connectivity index (χ1) is 5.27. The number of hydrogen-bond acceptors (Lipinski definition) is 1. The SMILES string of the molecule is Cn1ccc2cc(I)cnc21. The summed E-state index contributed by atoms with van der Waals surface area (Å²) in [6, 6.07) is 4.20. The van der Waals surface area contributed by atoms with Gasteiger partial charge in [-0.25, -0.2) is 4.98 Å². The summed E-state index contributed by atoms with van der Waals surface area (Å²) in [6.07, 6.45) is 3.90. The van der Waals surface area contributed by atoms with Crippen molar-refractivity contribution in [3.05, 3.63) is 28.1 Å².